The first-order valence-electron chi connectivity index (χ1n) is 18.6. The molecular formula is C43H53N5O9. The van der Waals surface area contributed by atoms with E-state index in [1.165, 1.54) is 6.33 Å². The van der Waals surface area contributed by atoms with E-state index >= 15 is 0 Å². The van der Waals surface area contributed by atoms with Crippen LogP contribution >= 0.6 is 0 Å². The van der Waals surface area contributed by atoms with Crippen molar-refractivity contribution in [3.8, 4) is 23.8 Å². The molecule has 0 spiro atoms. The Kier molecular flexibility index (Phi) is 15.6. The maximum absolute atomic E-state index is 13.2. The smallest absolute Gasteiger partial charge is 0.329 e. The van der Waals surface area contributed by atoms with Gasteiger partial charge < -0.3 is 44.0 Å². The van der Waals surface area contributed by atoms with Crippen LogP contribution in [0.15, 0.2) is 67.0 Å². The summed E-state index contributed by atoms with van der Waals surface area (Å²) in [7, 11) is 3.20. The lowest BCUT2D eigenvalue weighted by atomic mass is 10.1. The molecule has 0 aliphatic rings. The van der Waals surface area contributed by atoms with Gasteiger partial charge in [0.25, 0.3) is 0 Å². The van der Waals surface area contributed by atoms with Gasteiger partial charge in [0.05, 0.1) is 18.7 Å². The van der Waals surface area contributed by atoms with Gasteiger partial charge in [-0.1, -0.05) is 24.1 Å². The van der Waals surface area contributed by atoms with E-state index in [1.807, 2.05) is 53.4 Å². The maximum Gasteiger partial charge on any atom is 0.329 e. The number of carbonyl (C=O) groups excluding carboxylic acids is 3. The highest BCUT2D eigenvalue weighted by atomic mass is 16.6. The SMILES string of the molecule is C#Cc1cccc(N(Cc2ccc(NC(=O)NC(CCC(=O)OC(C)(C)C)C(=O)OC(C)(C)C)cc2)c2ncnc3cc(OCCOC)c(OCCOC)cc23)c1. The van der Waals surface area contributed by atoms with Gasteiger partial charge in [-0.15, -0.1) is 6.42 Å². The summed E-state index contributed by atoms with van der Waals surface area (Å²) in [5, 5.41) is 6.14. The Labute approximate surface area is 334 Å². The normalized spacial score (nSPS) is 11.9. The average molecular weight is 784 g/mol. The van der Waals surface area contributed by atoms with Crippen molar-refractivity contribution in [1.29, 1.82) is 0 Å². The third kappa shape index (κ3) is 14.0. The zero-order chi connectivity index (χ0) is 41.6. The number of methoxy groups -OCH3 is 2. The lowest BCUT2D eigenvalue weighted by Crippen LogP contribution is -2.46. The van der Waals surface area contributed by atoms with Crippen molar-refractivity contribution in [2.24, 2.45) is 0 Å². The Hall–Kier alpha value is -5.91. The molecule has 4 rings (SSSR count). The molecule has 0 radical (unpaired) electrons. The molecule has 1 atom stereocenters. The second kappa shape index (κ2) is 20.3. The molecule has 2 N–H and O–H groups in total. The van der Waals surface area contributed by atoms with Gasteiger partial charge in [-0.2, -0.15) is 0 Å². The minimum absolute atomic E-state index is 0.00640. The predicted molar refractivity (Wildman–Crippen MR) is 218 cm³/mol. The van der Waals surface area contributed by atoms with Crippen LogP contribution in [-0.2, 0) is 35.1 Å². The number of esters is 2. The van der Waals surface area contributed by atoms with E-state index in [0.717, 1.165) is 11.3 Å². The molecule has 0 saturated heterocycles. The Bertz CT molecular complexity index is 2020. The van der Waals surface area contributed by atoms with Crippen molar-refractivity contribution in [1.82, 2.24) is 15.3 Å². The molecule has 14 heteroatoms. The lowest BCUT2D eigenvalue weighted by Gasteiger charge is -2.26. The average Bonchev–Trinajstić information content (AvgIpc) is 3.15. The molecule has 3 aromatic carbocycles. The summed E-state index contributed by atoms with van der Waals surface area (Å²) in [6, 6.07) is 16.7. The number of amides is 2. The quantitative estimate of drug-likeness (QED) is 0.0608. The monoisotopic (exact) mass is 783 g/mol. The van der Waals surface area contributed by atoms with E-state index in [-0.39, 0.29) is 12.8 Å². The molecule has 57 heavy (non-hydrogen) atoms. The second-order valence-corrected chi connectivity index (χ2v) is 15.0. The van der Waals surface area contributed by atoms with E-state index in [0.29, 0.717) is 72.4 Å². The van der Waals surface area contributed by atoms with Crippen LogP contribution in [0.3, 0.4) is 0 Å². The van der Waals surface area contributed by atoms with Crippen molar-refractivity contribution in [2.75, 3.05) is 50.9 Å². The van der Waals surface area contributed by atoms with Gasteiger partial charge in [0.2, 0.25) is 0 Å². The molecule has 14 nitrogen and oxygen atoms in total. The summed E-state index contributed by atoms with van der Waals surface area (Å²) in [6.45, 7) is 12.2. The zero-order valence-electron chi connectivity index (χ0n) is 34.0. The first kappa shape index (κ1) is 43.8. The third-order valence-electron chi connectivity index (χ3n) is 7.96. The molecule has 1 aromatic heterocycles. The minimum atomic E-state index is -1.09. The fraction of sp³-hybridized carbons (Fsp3) is 0.419. The summed E-state index contributed by atoms with van der Waals surface area (Å²) in [6.07, 6.45) is 7.19. The number of hydrogen-bond acceptors (Lipinski definition) is 12. The van der Waals surface area contributed by atoms with E-state index in [2.05, 4.69) is 21.5 Å². The van der Waals surface area contributed by atoms with Gasteiger partial charge in [-0.05, 0) is 89.9 Å². The summed E-state index contributed by atoms with van der Waals surface area (Å²) in [5.41, 5.74) is 1.96. The Balaban J connectivity index is 1.60. The number of fused-ring (bicyclic) bond motifs is 1. The van der Waals surface area contributed by atoms with E-state index in [1.54, 1.807) is 67.9 Å². The summed E-state index contributed by atoms with van der Waals surface area (Å²) >= 11 is 0. The van der Waals surface area contributed by atoms with Crippen molar-refractivity contribution in [3.05, 3.63) is 78.1 Å². The molecule has 0 aliphatic carbocycles. The van der Waals surface area contributed by atoms with Crippen molar-refractivity contribution < 1.29 is 42.8 Å². The van der Waals surface area contributed by atoms with Crippen LogP contribution in [0, 0.1) is 12.3 Å². The van der Waals surface area contributed by atoms with Crippen LogP contribution in [0.25, 0.3) is 10.9 Å². The number of anilines is 3. The van der Waals surface area contributed by atoms with Crippen molar-refractivity contribution in [3.63, 3.8) is 0 Å². The standard InChI is InChI=1S/C43H53N5O9/c1-10-29-12-11-13-32(24-29)48(39-33-25-36(54-22-20-52-8)37(55-23-21-53-9)26-35(33)44-28-45-39)27-30-14-16-31(17-15-30)46-41(51)47-34(40(50)57-43(5,6)7)18-19-38(49)56-42(2,3)4/h1,11-17,24-26,28,34H,18-23,27H2,2-9H3,(H2,46,47,51). The van der Waals surface area contributed by atoms with Gasteiger partial charge in [0, 0.05) is 55.6 Å². The minimum Gasteiger partial charge on any atom is -0.487 e. The zero-order valence-corrected chi connectivity index (χ0v) is 34.0. The fourth-order valence-electron chi connectivity index (χ4n) is 5.49. The van der Waals surface area contributed by atoms with Crippen LogP contribution in [0.1, 0.15) is 65.5 Å². The first-order chi connectivity index (χ1) is 27.1. The highest BCUT2D eigenvalue weighted by Crippen LogP contribution is 2.38. The number of hydrogen-bond donors (Lipinski definition) is 2. The Morgan fingerprint density at radius 2 is 1.47 bits per heavy atom. The maximum atomic E-state index is 13.2. The van der Waals surface area contributed by atoms with Crippen molar-refractivity contribution >= 4 is 46.1 Å². The van der Waals surface area contributed by atoms with Gasteiger partial charge >= 0.3 is 18.0 Å². The van der Waals surface area contributed by atoms with E-state index in [9.17, 15) is 14.4 Å². The molecule has 0 aliphatic heterocycles. The molecule has 304 valence electrons. The van der Waals surface area contributed by atoms with Gasteiger partial charge in [0.1, 0.15) is 42.6 Å². The molecule has 1 unspecified atom stereocenters. The highest BCUT2D eigenvalue weighted by molar-refractivity contribution is 5.94. The molecule has 0 saturated carbocycles. The number of rotatable bonds is 18. The number of terminal acetylenes is 1. The molecule has 0 fully saturated rings. The Morgan fingerprint density at radius 1 is 0.825 bits per heavy atom. The summed E-state index contributed by atoms with van der Waals surface area (Å²) < 4.78 is 33.4. The Morgan fingerprint density at radius 3 is 2.09 bits per heavy atom. The van der Waals surface area contributed by atoms with Gasteiger partial charge in [-0.3, -0.25) is 4.79 Å². The van der Waals surface area contributed by atoms with Crippen LogP contribution in [0.2, 0.25) is 0 Å². The molecule has 1 heterocycles. The second-order valence-electron chi connectivity index (χ2n) is 15.0. The number of aromatic nitrogens is 2. The number of carbonyl (C=O) groups is 3. The highest BCUT2D eigenvalue weighted by Gasteiger charge is 2.28. The van der Waals surface area contributed by atoms with Crippen LogP contribution in [0.5, 0.6) is 11.5 Å². The fourth-order valence-corrected chi connectivity index (χ4v) is 5.49. The van der Waals surface area contributed by atoms with Gasteiger partial charge in [-0.25, -0.2) is 19.6 Å². The predicted octanol–water partition coefficient (Wildman–Crippen LogP) is 6.95. The van der Waals surface area contributed by atoms with Crippen molar-refractivity contribution in [2.45, 2.75) is 78.2 Å². The van der Waals surface area contributed by atoms with Crippen LogP contribution in [0.4, 0.5) is 22.0 Å². The first-order valence-corrected chi connectivity index (χ1v) is 18.6. The van der Waals surface area contributed by atoms with Crippen LogP contribution in [-0.4, -0.2) is 85.8 Å². The number of nitrogens with one attached hydrogen (secondary N) is 2. The molecule has 0 bridgehead atoms. The summed E-state index contributed by atoms with van der Waals surface area (Å²) in [4.78, 5) is 49.9. The van der Waals surface area contributed by atoms with E-state index in [4.69, 9.17) is 39.8 Å². The third-order valence-corrected chi connectivity index (χ3v) is 7.96. The number of urea groups is 1. The van der Waals surface area contributed by atoms with Crippen LogP contribution < -0.4 is 25.0 Å². The lowest BCUT2D eigenvalue weighted by molar-refractivity contribution is -0.158. The molecular weight excluding hydrogens is 730 g/mol. The molecule has 2 amide bonds. The topological polar surface area (TPSA) is 160 Å². The van der Waals surface area contributed by atoms with E-state index < -0.39 is 35.2 Å². The number of nitrogens with zero attached hydrogens (tertiary/aromatic N) is 3. The largest absolute Gasteiger partial charge is 0.487 e. The molecule has 4 aromatic rings. The van der Waals surface area contributed by atoms with Gasteiger partial charge in [0.15, 0.2) is 11.5 Å². The number of benzene rings is 3. The number of ether oxygens (including phenoxy) is 6. The summed E-state index contributed by atoms with van der Waals surface area (Å²) in [5.74, 6) is 3.15.